The van der Waals surface area contributed by atoms with Gasteiger partial charge in [0.1, 0.15) is 0 Å². The van der Waals surface area contributed by atoms with Gasteiger partial charge in [-0.15, -0.1) is 0 Å². The summed E-state index contributed by atoms with van der Waals surface area (Å²) in [4.78, 5) is 0. The zero-order valence-electron chi connectivity index (χ0n) is 10.1. The molecule has 0 spiro atoms. The first-order chi connectivity index (χ1) is 5.92. The van der Waals surface area contributed by atoms with Crippen LogP contribution in [0.25, 0.3) is 0 Å². The molecule has 80 valence electrons. The lowest BCUT2D eigenvalue weighted by Crippen LogP contribution is -2.32. The van der Waals surface area contributed by atoms with E-state index in [2.05, 4.69) is 34.6 Å². The van der Waals surface area contributed by atoms with Gasteiger partial charge in [-0.3, -0.25) is 0 Å². The predicted octanol–water partition coefficient (Wildman–Crippen LogP) is 3.43. The van der Waals surface area contributed by atoms with Crippen molar-refractivity contribution in [3.05, 3.63) is 0 Å². The highest BCUT2D eigenvalue weighted by atomic mass is 14.6. The minimum atomic E-state index is 0.356. The fourth-order valence-electron chi connectivity index (χ4n) is 1.54. The van der Waals surface area contributed by atoms with Crippen molar-refractivity contribution in [2.45, 2.75) is 53.9 Å². The molecule has 0 rings (SSSR count). The molecule has 1 atom stereocenters. The molecule has 0 aliphatic heterocycles. The average Bonchev–Trinajstić information content (AvgIpc) is 2.03. The number of rotatable bonds is 6. The molecule has 0 bridgehead atoms. The van der Waals surface area contributed by atoms with Gasteiger partial charge in [-0.05, 0) is 30.2 Å². The number of hydrogen-bond acceptors (Lipinski definition) is 1. The lowest BCUT2D eigenvalue weighted by molar-refractivity contribution is 0.200. The van der Waals surface area contributed by atoms with Crippen molar-refractivity contribution in [2.75, 3.05) is 6.54 Å². The van der Waals surface area contributed by atoms with E-state index in [4.69, 9.17) is 5.73 Å². The molecule has 0 amide bonds. The minimum absolute atomic E-state index is 0.356. The summed E-state index contributed by atoms with van der Waals surface area (Å²) in [5, 5.41) is 0. The van der Waals surface area contributed by atoms with Crippen LogP contribution >= 0.6 is 0 Å². The average molecular weight is 185 g/mol. The van der Waals surface area contributed by atoms with Gasteiger partial charge in [0.2, 0.25) is 0 Å². The Hall–Kier alpha value is -0.0400. The van der Waals surface area contributed by atoms with Gasteiger partial charge in [0.05, 0.1) is 0 Å². The Balaban J connectivity index is 3.84. The van der Waals surface area contributed by atoms with E-state index in [9.17, 15) is 0 Å². The van der Waals surface area contributed by atoms with Crippen LogP contribution in [0.5, 0.6) is 0 Å². The first-order valence-corrected chi connectivity index (χ1v) is 5.62. The molecule has 0 aromatic carbocycles. The Morgan fingerprint density at radius 1 is 1.15 bits per heavy atom. The molecule has 0 fully saturated rings. The molecule has 0 aliphatic carbocycles. The third-order valence-corrected chi connectivity index (χ3v) is 3.39. The minimum Gasteiger partial charge on any atom is -0.330 e. The highest BCUT2D eigenvalue weighted by molar-refractivity contribution is 4.78. The predicted molar refractivity (Wildman–Crippen MR) is 60.7 cm³/mol. The van der Waals surface area contributed by atoms with Crippen LogP contribution in [0.15, 0.2) is 0 Å². The normalized spacial score (nSPS) is 16.6. The maximum absolute atomic E-state index is 5.82. The highest BCUT2D eigenvalue weighted by Gasteiger charge is 2.25. The fourth-order valence-corrected chi connectivity index (χ4v) is 1.54. The zero-order chi connectivity index (χ0) is 10.5. The quantitative estimate of drug-likeness (QED) is 0.674. The molecule has 0 aliphatic rings. The maximum atomic E-state index is 5.82. The number of nitrogens with two attached hydrogens (primary N) is 1. The van der Waals surface area contributed by atoms with Gasteiger partial charge >= 0.3 is 0 Å². The summed E-state index contributed by atoms with van der Waals surface area (Å²) >= 11 is 0. The van der Waals surface area contributed by atoms with Gasteiger partial charge in [-0.1, -0.05) is 47.5 Å². The molecule has 2 N–H and O–H groups in total. The molecule has 1 heteroatoms. The monoisotopic (exact) mass is 185 g/mol. The molecule has 13 heavy (non-hydrogen) atoms. The van der Waals surface area contributed by atoms with Crippen molar-refractivity contribution in [3.63, 3.8) is 0 Å². The van der Waals surface area contributed by atoms with Crippen LogP contribution in [-0.2, 0) is 0 Å². The van der Waals surface area contributed by atoms with E-state index in [-0.39, 0.29) is 0 Å². The molecule has 0 heterocycles. The van der Waals surface area contributed by atoms with Crippen LogP contribution in [0.4, 0.5) is 0 Å². The van der Waals surface area contributed by atoms with Crippen LogP contribution in [0.1, 0.15) is 53.9 Å². The SMILES string of the molecule is CC(C)CCCC(C)(CN)C(C)C. The van der Waals surface area contributed by atoms with Crippen LogP contribution in [0.3, 0.4) is 0 Å². The van der Waals surface area contributed by atoms with Crippen molar-refractivity contribution in [1.82, 2.24) is 0 Å². The van der Waals surface area contributed by atoms with Crippen molar-refractivity contribution in [1.29, 1.82) is 0 Å². The van der Waals surface area contributed by atoms with Gasteiger partial charge in [0, 0.05) is 0 Å². The topological polar surface area (TPSA) is 26.0 Å². The van der Waals surface area contributed by atoms with Gasteiger partial charge in [0.15, 0.2) is 0 Å². The summed E-state index contributed by atoms with van der Waals surface area (Å²) in [5.41, 5.74) is 6.18. The molecule has 0 aromatic heterocycles. The first-order valence-electron chi connectivity index (χ1n) is 5.62. The van der Waals surface area contributed by atoms with E-state index in [1.54, 1.807) is 0 Å². The Kier molecular flexibility index (Phi) is 5.62. The third kappa shape index (κ3) is 4.66. The Bertz CT molecular complexity index is 129. The third-order valence-electron chi connectivity index (χ3n) is 3.39. The second-order valence-electron chi connectivity index (χ2n) is 5.30. The molecule has 0 saturated heterocycles. The molecule has 1 unspecified atom stereocenters. The fraction of sp³-hybridized carbons (Fsp3) is 1.00. The largest absolute Gasteiger partial charge is 0.330 e. The van der Waals surface area contributed by atoms with E-state index >= 15 is 0 Å². The van der Waals surface area contributed by atoms with Crippen molar-refractivity contribution < 1.29 is 0 Å². The second-order valence-corrected chi connectivity index (χ2v) is 5.30. The Labute approximate surface area is 84.1 Å². The first kappa shape index (κ1) is 13.0. The Morgan fingerprint density at radius 3 is 2.00 bits per heavy atom. The van der Waals surface area contributed by atoms with Crippen LogP contribution in [-0.4, -0.2) is 6.54 Å². The van der Waals surface area contributed by atoms with E-state index in [1.807, 2.05) is 0 Å². The van der Waals surface area contributed by atoms with E-state index < -0.39 is 0 Å². The van der Waals surface area contributed by atoms with Crippen LogP contribution in [0, 0.1) is 17.3 Å². The summed E-state index contributed by atoms with van der Waals surface area (Å²) in [6.45, 7) is 12.3. The summed E-state index contributed by atoms with van der Waals surface area (Å²) < 4.78 is 0. The van der Waals surface area contributed by atoms with E-state index in [1.165, 1.54) is 19.3 Å². The summed E-state index contributed by atoms with van der Waals surface area (Å²) in [6, 6.07) is 0. The number of hydrogen-bond donors (Lipinski definition) is 1. The second kappa shape index (κ2) is 5.64. The van der Waals surface area contributed by atoms with Gasteiger partial charge < -0.3 is 5.73 Å². The van der Waals surface area contributed by atoms with Crippen molar-refractivity contribution in [2.24, 2.45) is 23.0 Å². The zero-order valence-corrected chi connectivity index (χ0v) is 10.1. The molecule has 0 radical (unpaired) electrons. The summed E-state index contributed by atoms with van der Waals surface area (Å²) in [6.07, 6.45) is 3.94. The standard InChI is InChI=1S/C12H27N/c1-10(2)7-6-8-12(5,9-13)11(3)4/h10-11H,6-9,13H2,1-5H3. The van der Waals surface area contributed by atoms with Crippen molar-refractivity contribution >= 4 is 0 Å². The Morgan fingerprint density at radius 2 is 1.69 bits per heavy atom. The van der Waals surface area contributed by atoms with Crippen LogP contribution < -0.4 is 5.73 Å². The molecule has 0 saturated carbocycles. The molecular formula is C12H27N. The summed E-state index contributed by atoms with van der Waals surface area (Å²) in [5.74, 6) is 1.53. The van der Waals surface area contributed by atoms with Crippen molar-refractivity contribution in [3.8, 4) is 0 Å². The molecular weight excluding hydrogens is 158 g/mol. The van der Waals surface area contributed by atoms with E-state index in [0.717, 1.165) is 12.5 Å². The molecule has 0 aromatic rings. The highest BCUT2D eigenvalue weighted by Crippen LogP contribution is 2.32. The molecule has 1 nitrogen and oxygen atoms in total. The maximum Gasteiger partial charge on any atom is -0.00207 e. The van der Waals surface area contributed by atoms with Crippen LogP contribution in [0.2, 0.25) is 0 Å². The lowest BCUT2D eigenvalue weighted by Gasteiger charge is -2.32. The lowest BCUT2D eigenvalue weighted by atomic mass is 9.75. The van der Waals surface area contributed by atoms with Gasteiger partial charge in [-0.2, -0.15) is 0 Å². The van der Waals surface area contributed by atoms with E-state index in [0.29, 0.717) is 11.3 Å². The summed E-state index contributed by atoms with van der Waals surface area (Å²) in [7, 11) is 0. The smallest absolute Gasteiger partial charge is 0.00207 e. The van der Waals surface area contributed by atoms with Gasteiger partial charge in [0.25, 0.3) is 0 Å². The van der Waals surface area contributed by atoms with Gasteiger partial charge in [-0.25, -0.2) is 0 Å².